The lowest BCUT2D eigenvalue weighted by molar-refractivity contribution is 0.0914. The third kappa shape index (κ3) is 4.96. The molecule has 0 radical (unpaired) electrons. The van der Waals surface area contributed by atoms with Gasteiger partial charge in [-0.05, 0) is 69.2 Å². The number of amides is 1. The average Bonchev–Trinajstić information content (AvgIpc) is 2.60. The third-order valence-corrected chi connectivity index (χ3v) is 4.81. The van der Waals surface area contributed by atoms with Gasteiger partial charge >= 0.3 is 0 Å². The maximum Gasteiger partial charge on any atom is 0.251 e. The molecule has 0 heterocycles. The highest BCUT2D eigenvalue weighted by atomic mass is 16.3. The molecule has 23 heavy (non-hydrogen) atoms. The van der Waals surface area contributed by atoms with Crippen molar-refractivity contribution >= 4 is 11.6 Å². The topological polar surface area (TPSA) is 52.6 Å². The summed E-state index contributed by atoms with van der Waals surface area (Å²) in [6.45, 7) is 6.62. The summed E-state index contributed by atoms with van der Waals surface area (Å²) in [5.41, 5.74) is 1.90. The van der Waals surface area contributed by atoms with E-state index in [2.05, 4.69) is 24.1 Å². The molecule has 1 aromatic carbocycles. The maximum atomic E-state index is 12.4. The Hall–Kier alpha value is -1.55. The van der Waals surface area contributed by atoms with E-state index < -0.39 is 0 Å². The normalized spacial score (nSPS) is 21.0. The van der Waals surface area contributed by atoms with Gasteiger partial charge < -0.3 is 15.3 Å². The average molecular weight is 318 g/mol. The van der Waals surface area contributed by atoms with Gasteiger partial charge in [-0.2, -0.15) is 0 Å². The molecule has 1 fully saturated rings. The first-order valence-electron chi connectivity index (χ1n) is 8.94. The van der Waals surface area contributed by atoms with E-state index in [1.54, 1.807) is 0 Å². The van der Waals surface area contributed by atoms with Crippen LogP contribution in [-0.4, -0.2) is 36.8 Å². The van der Waals surface area contributed by atoms with Gasteiger partial charge in [0, 0.05) is 37.0 Å². The van der Waals surface area contributed by atoms with Crippen LogP contribution in [0.2, 0.25) is 0 Å². The highest BCUT2D eigenvalue weighted by Crippen LogP contribution is 2.24. The number of rotatable bonds is 7. The second kappa shape index (κ2) is 8.92. The van der Waals surface area contributed by atoms with E-state index in [4.69, 9.17) is 0 Å². The van der Waals surface area contributed by atoms with Crippen molar-refractivity contribution in [3.05, 3.63) is 29.8 Å². The predicted octanol–water partition coefficient (Wildman–Crippen LogP) is 3.20. The van der Waals surface area contributed by atoms with Crippen molar-refractivity contribution in [3.8, 4) is 0 Å². The molecular formula is C19H30N2O2. The second-order valence-electron chi connectivity index (χ2n) is 6.50. The molecule has 0 spiro atoms. The SMILES string of the molecule is CCCN(CC)c1ccc(C(=O)NC2CCC(CO)CC2)cc1. The van der Waals surface area contributed by atoms with E-state index in [9.17, 15) is 9.90 Å². The summed E-state index contributed by atoms with van der Waals surface area (Å²) >= 11 is 0. The van der Waals surface area contributed by atoms with Crippen LogP contribution in [0.5, 0.6) is 0 Å². The number of carbonyl (C=O) groups excluding carboxylic acids is 1. The van der Waals surface area contributed by atoms with Gasteiger partial charge in [0.1, 0.15) is 0 Å². The Balaban J connectivity index is 1.90. The summed E-state index contributed by atoms with van der Waals surface area (Å²) in [7, 11) is 0. The van der Waals surface area contributed by atoms with Gasteiger partial charge in [-0.1, -0.05) is 6.92 Å². The minimum Gasteiger partial charge on any atom is -0.396 e. The van der Waals surface area contributed by atoms with Crippen LogP contribution >= 0.6 is 0 Å². The zero-order valence-electron chi connectivity index (χ0n) is 14.4. The van der Waals surface area contributed by atoms with Gasteiger partial charge in [0.15, 0.2) is 0 Å². The molecule has 2 rings (SSSR count). The number of hydrogen-bond acceptors (Lipinski definition) is 3. The number of hydrogen-bond donors (Lipinski definition) is 2. The molecule has 1 amide bonds. The minimum atomic E-state index is 0.0162. The van der Waals surface area contributed by atoms with E-state index in [1.807, 2.05) is 24.3 Å². The Morgan fingerprint density at radius 1 is 1.17 bits per heavy atom. The second-order valence-corrected chi connectivity index (χ2v) is 6.50. The fourth-order valence-corrected chi connectivity index (χ4v) is 3.32. The van der Waals surface area contributed by atoms with Crippen molar-refractivity contribution in [1.82, 2.24) is 5.32 Å². The van der Waals surface area contributed by atoms with Crippen LogP contribution < -0.4 is 10.2 Å². The molecule has 1 saturated carbocycles. The Morgan fingerprint density at radius 3 is 2.35 bits per heavy atom. The Kier molecular flexibility index (Phi) is 6.90. The monoisotopic (exact) mass is 318 g/mol. The highest BCUT2D eigenvalue weighted by molar-refractivity contribution is 5.94. The number of anilines is 1. The number of carbonyl (C=O) groups is 1. The van der Waals surface area contributed by atoms with Crippen molar-refractivity contribution in [2.75, 3.05) is 24.6 Å². The molecule has 0 saturated heterocycles. The van der Waals surface area contributed by atoms with Crippen LogP contribution in [0.15, 0.2) is 24.3 Å². The van der Waals surface area contributed by atoms with Gasteiger partial charge in [-0.15, -0.1) is 0 Å². The summed E-state index contributed by atoms with van der Waals surface area (Å²) in [6.07, 6.45) is 5.06. The Labute approximate surface area is 139 Å². The van der Waals surface area contributed by atoms with E-state index in [0.29, 0.717) is 5.92 Å². The van der Waals surface area contributed by atoms with E-state index in [-0.39, 0.29) is 18.6 Å². The molecule has 0 bridgehead atoms. The van der Waals surface area contributed by atoms with Crippen molar-refractivity contribution < 1.29 is 9.90 Å². The van der Waals surface area contributed by atoms with E-state index in [0.717, 1.165) is 50.8 Å². The van der Waals surface area contributed by atoms with Crippen LogP contribution in [0.25, 0.3) is 0 Å². The van der Waals surface area contributed by atoms with Crippen molar-refractivity contribution in [2.24, 2.45) is 5.92 Å². The van der Waals surface area contributed by atoms with Gasteiger partial charge in [0.2, 0.25) is 0 Å². The Morgan fingerprint density at radius 2 is 1.83 bits per heavy atom. The van der Waals surface area contributed by atoms with Gasteiger partial charge in [0.25, 0.3) is 5.91 Å². The standard InChI is InChI=1S/C19H30N2O2/c1-3-13-21(4-2)18-11-7-16(8-12-18)19(23)20-17-9-5-15(14-22)6-10-17/h7-8,11-12,15,17,22H,3-6,9-10,13-14H2,1-2H3,(H,20,23). The number of aliphatic hydroxyl groups is 1. The molecule has 4 heteroatoms. The summed E-state index contributed by atoms with van der Waals surface area (Å²) < 4.78 is 0. The van der Waals surface area contributed by atoms with E-state index >= 15 is 0 Å². The molecule has 0 atom stereocenters. The highest BCUT2D eigenvalue weighted by Gasteiger charge is 2.22. The lowest BCUT2D eigenvalue weighted by atomic mass is 9.86. The number of nitrogens with zero attached hydrogens (tertiary/aromatic N) is 1. The quantitative estimate of drug-likeness (QED) is 0.812. The molecule has 2 N–H and O–H groups in total. The van der Waals surface area contributed by atoms with Crippen molar-refractivity contribution in [3.63, 3.8) is 0 Å². The molecule has 1 aliphatic rings. The fourth-order valence-electron chi connectivity index (χ4n) is 3.32. The molecular weight excluding hydrogens is 288 g/mol. The Bertz CT molecular complexity index is 479. The molecule has 4 nitrogen and oxygen atoms in total. The van der Waals surface area contributed by atoms with Crippen molar-refractivity contribution in [1.29, 1.82) is 0 Å². The first-order valence-corrected chi connectivity index (χ1v) is 8.94. The molecule has 0 aromatic heterocycles. The smallest absolute Gasteiger partial charge is 0.251 e. The van der Waals surface area contributed by atoms with Gasteiger partial charge in [-0.25, -0.2) is 0 Å². The van der Waals surface area contributed by atoms with Crippen LogP contribution in [0.1, 0.15) is 56.3 Å². The minimum absolute atomic E-state index is 0.0162. The van der Waals surface area contributed by atoms with E-state index in [1.165, 1.54) is 5.69 Å². The number of nitrogens with one attached hydrogen (secondary N) is 1. The van der Waals surface area contributed by atoms with Crippen LogP contribution in [0, 0.1) is 5.92 Å². The number of benzene rings is 1. The summed E-state index contributed by atoms with van der Waals surface area (Å²) in [5, 5.41) is 12.3. The largest absolute Gasteiger partial charge is 0.396 e. The summed E-state index contributed by atoms with van der Waals surface area (Å²) in [4.78, 5) is 14.7. The molecule has 1 aromatic rings. The van der Waals surface area contributed by atoms with Gasteiger partial charge in [-0.3, -0.25) is 4.79 Å². The lowest BCUT2D eigenvalue weighted by Gasteiger charge is -2.28. The zero-order chi connectivity index (χ0) is 16.7. The zero-order valence-corrected chi connectivity index (χ0v) is 14.4. The van der Waals surface area contributed by atoms with Crippen LogP contribution in [0.3, 0.4) is 0 Å². The third-order valence-electron chi connectivity index (χ3n) is 4.81. The maximum absolute atomic E-state index is 12.4. The molecule has 0 unspecified atom stereocenters. The van der Waals surface area contributed by atoms with Crippen molar-refractivity contribution in [2.45, 2.75) is 52.0 Å². The number of aliphatic hydroxyl groups excluding tert-OH is 1. The summed E-state index contributed by atoms with van der Waals surface area (Å²) in [5.74, 6) is 0.434. The van der Waals surface area contributed by atoms with Crippen LogP contribution in [-0.2, 0) is 0 Å². The molecule has 128 valence electrons. The lowest BCUT2D eigenvalue weighted by Crippen LogP contribution is -2.38. The summed E-state index contributed by atoms with van der Waals surface area (Å²) in [6, 6.07) is 8.16. The first-order chi connectivity index (χ1) is 11.2. The van der Waals surface area contributed by atoms with Crippen LogP contribution in [0.4, 0.5) is 5.69 Å². The van der Waals surface area contributed by atoms with Gasteiger partial charge in [0.05, 0.1) is 0 Å². The molecule has 0 aliphatic heterocycles. The first kappa shape index (κ1) is 17.8. The molecule has 1 aliphatic carbocycles. The predicted molar refractivity (Wildman–Crippen MR) is 94.9 cm³/mol. The fraction of sp³-hybridized carbons (Fsp3) is 0.632.